The fourth-order valence-corrected chi connectivity index (χ4v) is 14.9. The van der Waals surface area contributed by atoms with Crippen LogP contribution in [0.4, 0.5) is 0 Å². The Hall–Kier alpha value is -2.29. The van der Waals surface area contributed by atoms with Crippen LogP contribution in [0, 0.1) is 50.2 Å². The Kier molecular flexibility index (Phi) is 14.5. The summed E-state index contributed by atoms with van der Waals surface area (Å²) in [5.41, 5.74) is -4.82. The molecular formula is C48H74O21. The topological polar surface area (TPSA) is 338 Å². The van der Waals surface area contributed by atoms with E-state index in [1.807, 2.05) is 6.92 Å². The van der Waals surface area contributed by atoms with Gasteiger partial charge in [0.15, 0.2) is 18.4 Å². The van der Waals surface area contributed by atoms with Crippen LogP contribution >= 0.6 is 0 Å². The van der Waals surface area contributed by atoms with E-state index in [0.29, 0.717) is 37.7 Å². The number of ether oxygens (including phenoxy) is 7. The molecule has 21 nitrogen and oxygen atoms in total. The maximum absolute atomic E-state index is 15.3. The second kappa shape index (κ2) is 18.9. The molecule has 7 fully saturated rings. The summed E-state index contributed by atoms with van der Waals surface area (Å²) in [4.78, 5) is 43.6. The van der Waals surface area contributed by atoms with Gasteiger partial charge in [-0.15, -0.1) is 0 Å². The van der Waals surface area contributed by atoms with Crippen molar-refractivity contribution in [3.8, 4) is 0 Å². The van der Waals surface area contributed by atoms with E-state index < -0.39 is 162 Å². The van der Waals surface area contributed by atoms with Gasteiger partial charge in [-0.25, -0.2) is 0 Å². The zero-order chi connectivity index (χ0) is 50.6. The third-order valence-electron chi connectivity index (χ3n) is 19.3. The van der Waals surface area contributed by atoms with Crippen LogP contribution in [0.3, 0.4) is 0 Å². The number of rotatable bonds is 10. The first-order chi connectivity index (χ1) is 32.4. The molecule has 3 aliphatic heterocycles. The number of aliphatic hydroxyl groups is 11. The van der Waals surface area contributed by atoms with Crippen molar-refractivity contribution in [1.29, 1.82) is 0 Å². The molecule has 8 aliphatic rings. The molecule has 0 aromatic carbocycles. The highest BCUT2D eigenvalue weighted by molar-refractivity contribution is 5.96. The van der Waals surface area contributed by atoms with Gasteiger partial charge >= 0.3 is 11.9 Å². The van der Waals surface area contributed by atoms with Crippen LogP contribution in [0.15, 0.2) is 11.6 Å². The molecule has 4 saturated carbocycles. The van der Waals surface area contributed by atoms with E-state index in [9.17, 15) is 65.8 Å². The third kappa shape index (κ3) is 8.08. The number of fused-ring (bicyclic) bond motifs is 7. The van der Waals surface area contributed by atoms with Crippen molar-refractivity contribution >= 4 is 17.7 Å². The van der Waals surface area contributed by atoms with E-state index in [0.717, 1.165) is 0 Å². The molecule has 0 unspecified atom stereocenters. The molecule has 8 rings (SSSR count). The van der Waals surface area contributed by atoms with Crippen LogP contribution in [0.2, 0.25) is 0 Å². The zero-order valence-electron chi connectivity index (χ0n) is 40.2. The molecule has 0 spiro atoms. The number of allylic oxidation sites excluding steroid dienone is 2. The van der Waals surface area contributed by atoms with Crippen molar-refractivity contribution in [3.05, 3.63) is 11.6 Å². The van der Waals surface area contributed by atoms with Gasteiger partial charge in [0.05, 0.1) is 50.5 Å². The fraction of sp³-hybridized carbons (Fsp3) is 0.896. The molecule has 24 atom stereocenters. The highest BCUT2D eigenvalue weighted by atomic mass is 16.7. The Labute approximate surface area is 400 Å². The van der Waals surface area contributed by atoms with Crippen LogP contribution in [0.5, 0.6) is 0 Å². The van der Waals surface area contributed by atoms with Crippen LogP contribution in [-0.2, 0) is 47.5 Å². The number of hydrogen-bond acceptors (Lipinski definition) is 21. The van der Waals surface area contributed by atoms with Crippen molar-refractivity contribution in [2.75, 3.05) is 33.5 Å². The lowest BCUT2D eigenvalue weighted by atomic mass is 9.33. The van der Waals surface area contributed by atoms with E-state index in [-0.39, 0.29) is 50.6 Å². The predicted octanol–water partition coefficient (Wildman–Crippen LogP) is -1.92. The molecule has 0 aromatic heterocycles. The summed E-state index contributed by atoms with van der Waals surface area (Å²) in [5, 5.41) is 117. The van der Waals surface area contributed by atoms with E-state index in [2.05, 4.69) is 20.8 Å². The largest absolute Gasteiger partial charge is 0.469 e. The van der Waals surface area contributed by atoms with Crippen molar-refractivity contribution in [2.45, 2.75) is 185 Å². The smallest absolute Gasteiger partial charge is 0.315 e. The van der Waals surface area contributed by atoms with Gasteiger partial charge in [0.2, 0.25) is 6.29 Å². The molecule has 69 heavy (non-hydrogen) atoms. The summed E-state index contributed by atoms with van der Waals surface area (Å²) in [6.07, 6.45) is -18.5. The van der Waals surface area contributed by atoms with E-state index in [1.165, 1.54) is 7.11 Å². The number of carbonyl (C=O) groups is 3. The third-order valence-corrected chi connectivity index (χ3v) is 19.3. The molecule has 0 bridgehead atoms. The molecule has 392 valence electrons. The monoisotopic (exact) mass is 986 g/mol. The molecule has 0 aromatic rings. The van der Waals surface area contributed by atoms with Crippen LogP contribution in [0.25, 0.3) is 0 Å². The van der Waals surface area contributed by atoms with Crippen LogP contribution in [0.1, 0.15) is 92.4 Å². The van der Waals surface area contributed by atoms with Crippen molar-refractivity contribution in [1.82, 2.24) is 0 Å². The molecule has 5 aliphatic carbocycles. The number of esters is 2. The summed E-state index contributed by atoms with van der Waals surface area (Å²) in [6.45, 7) is 7.74. The summed E-state index contributed by atoms with van der Waals surface area (Å²) in [6, 6.07) is 0. The lowest BCUT2D eigenvalue weighted by Crippen LogP contribution is -2.69. The minimum Gasteiger partial charge on any atom is -0.469 e. The minimum atomic E-state index is -1.84. The average molecular weight is 987 g/mol. The van der Waals surface area contributed by atoms with Crippen molar-refractivity contribution < 1.29 is 104 Å². The van der Waals surface area contributed by atoms with Crippen LogP contribution < -0.4 is 0 Å². The first kappa shape index (κ1) is 53.0. The normalized spacial score (nSPS) is 53.1. The van der Waals surface area contributed by atoms with Crippen LogP contribution in [-0.4, -0.2) is 200 Å². The van der Waals surface area contributed by atoms with Gasteiger partial charge < -0.3 is 89.3 Å². The standard InChI is InChI=1S/C48H74O21/c1-43(41(61)63-6)11-13-48(42(62)69-40-34(59)31(56)30(55)25(17-49)65-40)14-12-46(4)21(22(48)16-43)15-23(52)37-44(2)9-8-28(45(3,20-51)27(44)7-10-47(37,46)5)67-39-35(60)32(57)36(26(18-50)66-39)68-38-33(58)29(54)24(53)19-64-38/h15,22,24-40,49-51,53-60H,7-14,16-20H2,1-6H3/t22-,24+,25+,26+,27+,28-,29-,30+,31-,32+,33+,34+,35+,36+,37+,38-,39-,40-,43-,44-,45-,46+,47+,48-/m0/s1. The number of aliphatic hydroxyl groups excluding tert-OH is 11. The highest BCUT2D eigenvalue weighted by Gasteiger charge is 2.73. The molecular weight excluding hydrogens is 913 g/mol. The molecule has 0 radical (unpaired) electrons. The van der Waals surface area contributed by atoms with Gasteiger partial charge in [0.1, 0.15) is 67.1 Å². The summed E-state index contributed by atoms with van der Waals surface area (Å²) in [5.74, 6) is -3.02. The first-order valence-electron chi connectivity index (χ1n) is 24.4. The number of hydrogen-bond donors (Lipinski definition) is 11. The maximum Gasteiger partial charge on any atom is 0.315 e. The second-order valence-corrected chi connectivity index (χ2v) is 22.7. The predicted molar refractivity (Wildman–Crippen MR) is 232 cm³/mol. The number of methoxy groups -OCH3 is 1. The summed E-state index contributed by atoms with van der Waals surface area (Å²) in [7, 11) is 1.30. The second-order valence-electron chi connectivity index (χ2n) is 22.7. The molecule has 0 amide bonds. The molecule has 11 N–H and O–H groups in total. The zero-order valence-corrected chi connectivity index (χ0v) is 40.2. The van der Waals surface area contributed by atoms with Gasteiger partial charge in [-0.1, -0.05) is 33.3 Å². The van der Waals surface area contributed by atoms with Gasteiger partial charge in [-0.2, -0.15) is 0 Å². The molecule has 3 saturated heterocycles. The Morgan fingerprint density at radius 2 is 1.33 bits per heavy atom. The van der Waals surface area contributed by atoms with E-state index in [4.69, 9.17) is 33.2 Å². The van der Waals surface area contributed by atoms with Gasteiger partial charge in [0.25, 0.3) is 0 Å². The number of ketones is 1. The Morgan fingerprint density at radius 1 is 0.696 bits per heavy atom. The Bertz CT molecular complexity index is 1970. The van der Waals surface area contributed by atoms with Gasteiger partial charge in [0, 0.05) is 11.3 Å². The summed E-state index contributed by atoms with van der Waals surface area (Å²) >= 11 is 0. The SMILES string of the molecule is COC(=O)[C@@]1(C)CC[C@]2(C(=O)O[C@@H]3O[C@H](CO)[C@@H](O)[C@H](O)[C@H]3O)CC[C@]3(C)C(=CC(=O)[C@@H]4[C@@]5(C)CC[C@H](O[C@@H]6O[C@H](CO)[C@@H](O[C@@H]7OC[C@@H](O)[C@H](O)[C@H]7O)[C@H](O)[C@H]6O)[C@@](C)(CO)[C@@H]5CC[C@]43C)[C@@H]2C1. The first-order valence-corrected chi connectivity index (χ1v) is 24.4. The lowest BCUT2D eigenvalue weighted by molar-refractivity contribution is -0.361. The Balaban J connectivity index is 1.06. The van der Waals surface area contributed by atoms with E-state index >= 15 is 4.79 Å². The molecule has 21 heteroatoms. The lowest BCUT2D eigenvalue weighted by Gasteiger charge is -2.70. The number of carbonyl (C=O) groups excluding carboxylic acids is 3. The van der Waals surface area contributed by atoms with Gasteiger partial charge in [-0.3, -0.25) is 14.4 Å². The summed E-state index contributed by atoms with van der Waals surface area (Å²) < 4.78 is 40.3. The van der Waals surface area contributed by atoms with Gasteiger partial charge in [-0.05, 0) is 98.9 Å². The average Bonchev–Trinajstić information content (AvgIpc) is 3.32. The molecule has 3 heterocycles. The van der Waals surface area contributed by atoms with Crippen molar-refractivity contribution in [3.63, 3.8) is 0 Å². The maximum atomic E-state index is 15.3. The van der Waals surface area contributed by atoms with E-state index in [1.54, 1.807) is 13.0 Å². The fourth-order valence-electron chi connectivity index (χ4n) is 14.9. The van der Waals surface area contributed by atoms with Crippen molar-refractivity contribution in [2.24, 2.45) is 50.2 Å². The minimum absolute atomic E-state index is 0.137. The Morgan fingerprint density at radius 3 is 1.99 bits per heavy atom. The highest BCUT2D eigenvalue weighted by Crippen LogP contribution is 2.75. The quantitative estimate of drug-likeness (QED) is 0.0840.